The number of nitrogens with one attached hydrogen (secondary N) is 2. The first-order valence-electron chi connectivity index (χ1n) is 11.7. The summed E-state index contributed by atoms with van der Waals surface area (Å²) >= 11 is 0. The Morgan fingerprint density at radius 3 is 1.47 bits per heavy atom. The van der Waals surface area contributed by atoms with Crippen LogP contribution in [0, 0.1) is 0 Å². The number of hydrogen-bond donors (Lipinski definition) is 2. The molecule has 2 amide bonds. The van der Waals surface area contributed by atoms with Crippen molar-refractivity contribution in [2.75, 3.05) is 26.3 Å². The van der Waals surface area contributed by atoms with Gasteiger partial charge in [0.1, 0.15) is 0 Å². The molecule has 0 spiro atoms. The van der Waals surface area contributed by atoms with Gasteiger partial charge in [0.2, 0.25) is 0 Å². The smallest absolute Gasteiger partial charge is 0.251 e. The summed E-state index contributed by atoms with van der Waals surface area (Å²) in [5.74, 6) is -0.363. The van der Waals surface area contributed by atoms with Crippen molar-refractivity contribution >= 4 is 11.8 Å². The summed E-state index contributed by atoms with van der Waals surface area (Å²) in [6.45, 7) is 1.79. The number of rotatable bonds is 10. The van der Waals surface area contributed by atoms with Crippen LogP contribution in [0.25, 0.3) is 0 Å². The summed E-state index contributed by atoms with van der Waals surface area (Å²) in [6, 6.07) is 23.1. The van der Waals surface area contributed by atoms with E-state index in [0.717, 1.165) is 12.8 Å². The first kappa shape index (κ1) is 22.3. The Balaban J connectivity index is 0.989. The van der Waals surface area contributed by atoms with Crippen molar-refractivity contribution in [3.05, 3.63) is 106 Å². The fourth-order valence-electron chi connectivity index (χ4n) is 4.43. The maximum Gasteiger partial charge on any atom is 0.251 e. The molecule has 3 aromatic carbocycles. The molecule has 0 bridgehead atoms. The summed E-state index contributed by atoms with van der Waals surface area (Å²) in [5.41, 5.74) is 6.16. The van der Waals surface area contributed by atoms with E-state index in [2.05, 4.69) is 34.9 Å². The van der Waals surface area contributed by atoms with Gasteiger partial charge in [-0.25, -0.2) is 0 Å². The van der Waals surface area contributed by atoms with Gasteiger partial charge < -0.3 is 20.1 Å². The Morgan fingerprint density at radius 1 is 0.647 bits per heavy atom. The van der Waals surface area contributed by atoms with Crippen LogP contribution in [0.5, 0.6) is 0 Å². The molecule has 2 aliphatic carbocycles. The van der Waals surface area contributed by atoms with E-state index in [-0.39, 0.29) is 24.0 Å². The fourth-order valence-corrected chi connectivity index (χ4v) is 4.43. The van der Waals surface area contributed by atoms with Crippen LogP contribution in [0.15, 0.2) is 72.8 Å². The molecule has 34 heavy (non-hydrogen) atoms. The molecule has 0 fully saturated rings. The maximum absolute atomic E-state index is 12.4. The van der Waals surface area contributed by atoms with E-state index < -0.39 is 0 Å². The Bertz CT molecular complexity index is 1080. The first-order valence-corrected chi connectivity index (χ1v) is 11.7. The first-order chi connectivity index (χ1) is 16.7. The summed E-state index contributed by atoms with van der Waals surface area (Å²) in [7, 11) is 0. The van der Waals surface area contributed by atoms with Crippen LogP contribution >= 0.6 is 0 Å². The van der Waals surface area contributed by atoms with E-state index in [4.69, 9.17) is 9.47 Å². The average molecular weight is 457 g/mol. The molecule has 0 saturated heterocycles. The zero-order valence-electron chi connectivity index (χ0n) is 19.0. The van der Waals surface area contributed by atoms with Crippen LogP contribution < -0.4 is 10.6 Å². The van der Waals surface area contributed by atoms with Gasteiger partial charge in [-0.15, -0.1) is 0 Å². The summed E-state index contributed by atoms with van der Waals surface area (Å²) in [4.78, 5) is 24.7. The molecule has 5 rings (SSSR count). The fraction of sp³-hybridized carbons (Fsp3) is 0.286. The van der Waals surface area contributed by atoms with Crippen molar-refractivity contribution in [1.29, 1.82) is 0 Å². The summed E-state index contributed by atoms with van der Waals surface area (Å²) in [6.07, 6.45) is 2.10. The normalized spacial score (nSPS) is 17.5. The van der Waals surface area contributed by atoms with Crippen molar-refractivity contribution in [3.8, 4) is 0 Å². The van der Waals surface area contributed by atoms with E-state index in [9.17, 15) is 9.59 Å². The van der Waals surface area contributed by atoms with E-state index in [0.29, 0.717) is 37.4 Å². The standard InChI is InChI=1S/C28H28N2O4/c31-27(29-13-15-33-25-17-21-5-1-3-7-23(21)25)19-9-11-20(12-10-19)28(32)30-14-16-34-26-18-22-6-2-4-8-24(22)26/h1-12,25-26H,13-18H2,(H,29,31)(H,30,32). The van der Waals surface area contributed by atoms with Crippen molar-refractivity contribution in [1.82, 2.24) is 10.6 Å². The predicted octanol–water partition coefficient (Wildman–Crippen LogP) is 3.77. The van der Waals surface area contributed by atoms with Gasteiger partial charge in [-0.3, -0.25) is 9.59 Å². The highest BCUT2D eigenvalue weighted by Crippen LogP contribution is 2.36. The molecule has 2 aliphatic rings. The number of carbonyl (C=O) groups is 2. The SMILES string of the molecule is O=C(NCCOC1Cc2ccccc21)c1ccc(C(=O)NCCOC2Cc3ccccc32)cc1. The second kappa shape index (κ2) is 10.2. The highest BCUT2D eigenvalue weighted by Gasteiger charge is 2.26. The van der Waals surface area contributed by atoms with Crippen molar-refractivity contribution in [2.45, 2.75) is 25.0 Å². The van der Waals surface area contributed by atoms with E-state index >= 15 is 0 Å². The molecule has 0 saturated carbocycles. The molecule has 0 heterocycles. The molecule has 0 aliphatic heterocycles. The number of amides is 2. The quantitative estimate of drug-likeness (QED) is 0.456. The molecule has 2 unspecified atom stereocenters. The van der Waals surface area contributed by atoms with Gasteiger partial charge in [0, 0.05) is 37.1 Å². The molecular weight excluding hydrogens is 428 g/mol. The number of ether oxygens (including phenoxy) is 2. The molecule has 6 nitrogen and oxygen atoms in total. The lowest BCUT2D eigenvalue weighted by Crippen LogP contribution is -2.30. The van der Waals surface area contributed by atoms with Crippen LogP contribution in [-0.2, 0) is 22.3 Å². The Kier molecular flexibility index (Phi) is 6.70. The van der Waals surface area contributed by atoms with Gasteiger partial charge in [-0.1, -0.05) is 48.5 Å². The molecule has 0 radical (unpaired) electrons. The van der Waals surface area contributed by atoms with E-state index in [1.165, 1.54) is 22.3 Å². The number of benzene rings is 3. The second-order valence-electron chi connectivity index (χ2n) is 8.61. The van der Waals surface area contributed by atoms with E-state index in [1.807, 2.05) is 24.3 Å². The highest BCUT2D eigenvalue weighted by atomic mass is 16.5. The maximum atomic E-state index is 12.4. The van der Waals surface area contributed by atoms with Crippen molar-refractivity contribution in [3.63, 3.8) is 0 Å². The van der Waals surface area contributed by atoms with Crippen molar-refractivity contribution < 1.29 is 19.1 Å². The number of fused-ring (bicyclic) bond motifs is 2. The van der Waals surface area contributed by atoms with Crippen molar-refractivity contribution in [2.24, 2.45) is 0 Å². The Labute approximate surface area is 199 Å². The van der Waals surface area contributed by atoms with Gasteiger partial charge in [0.25, 0.3) is 11.8 Å². The minimum Gasteiger partial charge on any atom is -0.371 e. The molecule has 2 atom stereocenters. The molecule has 174 valence electrons. The molecule has 6 heteroatoms. The largest absolute Gasteiger partial charge is 0.371 e. The number of hydrogen-bond acceptors (Lipinski definition) is 4. The van der Waals surface area contributed by atoms with Crippen LogP contribution in [0.4, 0.5) is 0 Å². The third-order valence-corrected chi connectivity index (χ3v) is 6.44. The van der Waals surface area contributed by atoms with Gasteiger partial charge in [-0.2, -0.15) is 0 Å². The van der Waals surface area contributed by atoms with Gasteiger partial charge in [0.15, 0.2) is 0 Å². The lowest BCUT2D eigenvalue weighted by molar-refractivity contribution is 0.0382. The minimum atomic E-state index is -0.182. The highest BCUT2D eigenvalue weighted by molar-refractivity contribution is 5.97. The lowest BCUT2D eigenvalue weighted by Gasteiger charge is -2.30. The second-order valence-corrected chi connectivity index (χ2v) is 8.61. The third kappa shape index (κ3) is 4.88. The Morgan fingerprint density at radius 2 is 1.06 bits per heavy atom. The van der Waals surface area contributed by atoms with Gasteiger partial charge >= 0.3 is 0 Å². The molecular formula is C28H28N2O4. The minimum absolute atomic E-state index is 0.126. The van der Waals surface area contributed by atoms with Crippen LogP contribution in [0.2, 0.25) is 0 Å². The average Bonchev–Trinajstić information content (AvgIpc) is 2.84. The van der Waals surface area contributed by atoms with E-state index in [1.54, 1.807) is 24.3 Å². The summed E-state index contributed by atoms with van der Waals surface area (Å²) < 4.78 is 11.7. The zero-order valence-corrected chi connectivity index (χ0v) is 19.0. The van der Waals surface area contributed by atoms with Crippen LogP contribution in [0.3, 0.4) is 0 Å². The number of carbonyl (C=O) groups excluding carboxylic acids is 2. The predicted molar refractivity (Wildman–Crippen MR) is 129 cm³/mol. The zero-order chi connectivity index (χ0) is 23.3. The van der Waals surface area contributed by atoms with Gasteiger partial charge in [-0.05, 0) is 46.5 Å². The van der Waals surface area contributed by atoms with Gasteiger partial charge in [0.05, 0.1) is 25.4 Å². The lowest BCUT2D eigenvalue weighted by atomic mass is 9.85. The molecule has 0 aromatic heterocycles. The third-order valence-electron chi connectivity index (χ3n) is 6.44. The molecule has 3 aromatic rings. The van der Waals surface area contributed by atoms with Crippen LogP contribution in [0.1, 0.15) is 55.2 Å². The van der Waals surface area contributed by atoms with Crippen LogP contribution in [-0.4, -0.2) is 38.1 Å². The summed E-state index contributed by atoms with van der Waals surface area (Å²) in [5, 5.41) is 5.73. The molecule has 2 N–H and O–H groups in total. The monoisotopic (exact) mass is 456 g/mol. The topological polar surface area (TPSA) is 76.7 Å². The Hall–Kier alpha value is -3.48.